The molecule has 150 valence electrons. The van der Waals surface area contributed by atoms with E-state index in [1.807, 2.05) is 26.0 Å². The topological polar surface area (TPSA) is 21.7 Å². The number of benzene rings is 1. The second-order valence-corrected chi connectivity index (χ2v) is 6.62. The third-order valence-electron chi connectivity index (χ3n) is 4.68. The molecule has 1 saturated heterocycles. The van der Waals surface area contributed by atoms with Gasteiger partial charge in [-0.3, -0.25) is 4.90 Å². The number of nitrogens with zero attached hydrogens (tertiary/aromatic N) is 1. The van der Waals surface area contributed by atoms with Gasteiger partial charge in [0.1, 0.15) is 11.5 Å². The molecule has 6 heteroatoms. The molecule has 0 bridgehead atoms. The van der Waals surface area contributed by atoms with Gasteiger partial charge in [0.25, 0.3) is 0 Å². The van der Waals surface area contributed by atoms with Crippen molar-refractivity contribution in [3.05, 3.63) is 23.3 Å². The van der Waals surface area contributed by atoms with Gasteiger partial charge in [-0.05, 0) is 37.9 Å². The van der Waals surface area contributed by atoms with Crippen LogP contribution in [0, 0.1) is 5.92 Å². The van der Waals surface area contributed by atoms with Crippen LogP contribution in [0.25, 0.3) is 0 Å². The molecule has 2 rings (SSSR count). The lowest BCUT2D eigenvalue weighted by molar-refractivity contribution is -0.185. The minimum atomic E-state index is -4.07. The molecule has 0 aliphatic carbocycles. The van der Waals surface area contributed by atoms with E-state index < -0.39 is 12.1 Å². The summed E-state index contributed by atoms with van der Waals surface area (Å²) in [5.74, 6) is 0.618. The summed E-state index contributed by atoms with van der Waals surface area (Å²) in [6.45, 7) is 9.64. The molecule has 1 heterocycles. The number of halogens is 3. The highest BCUT2D eigenvalue weighted by Crippen LogP contribution is 2.39. The number of piperidine rings is 1. The normalized spacial score (nSPS) is 16.2. The van der Waals surface area contributed by atoms with Crippen LogP contribution in [0.2, 0.25) is 0 Å². The Kier molecular flexibility index (Phi) is 8.74. The molecule has 0 atom stereocenters. The molecule has 1 fully saturated rings. The Bertz CT molecular complexity index is 551. The largest absolute Gasteiger partial charge is 0.496 e. The minimum Gasteiger partial charge on any atom is -0.496 e. The number of rotatable bonds is 5. The van der Waals surface area contributed by atoms with Crippen molar-refractivity contribution in [2.45, 2.75) is 59.2 Å². The van der Waals surface area contributed by atoms with Crippen LogP contribution in [0.4, 0.5) is 13.2 Å². The van der Waals surface area contributed by atoms with Crippen LogP contribution >= 0.6 is 0 Å². The molecular formula is C20H32F3NO2. The number of hydrogen-bond donors (Lipinski definition) is 0. The monoisotopic (exact) mass is 375 g/mol. The fourth-order valence-corrected chi connectivity index (χ4v) is 3.38. The Hall–Kier alpha value is -1.43. The van der Waals surface area contributed by atoms with E-state index in [0.29, 0.717) is 19.6 Å². The molecule has 26 heavy (non-hydrogen) atoms. The molecule has 0 N–H and O–H groups in total. The zero-order valence-electron chi connectivity index (χ0n) is 16.7. The number of alkyl halides is 3. The van der Waals surface area contributed by atoms with E-state index in [1.165, 1.54) is 0 Å². The van der Waals surface area contributed by atoms with E-state index in [9.17, 15) is 13.2 Å². The molecule has 0 aromatic heterocycles. The summed E-state index contributed by atoms with van der Waals surface area (Å²) < 4.78 is 49.4. The van der Waals surface area contributed by atoms with Crippen molar-refractivity contribution < 1.29 is 22.6 Å². The first-order chi connectivity index (χ1) is 12.3. The number of ether oxygens (including phenoxy) is 2. The molecule has 1 aromatic carbocycles. The average Bonchev–Trinajstić information content (AvgIpc) is 2.62. The lowest BCUT2D eigenvalue weighted by Gasteiger charge is -2.33. The summed E-state index contributed by atoms with van der Waals surface area (Å²) in [6.07, 6.45) is -3.74. The van der Waals surface area contributed by atoms with Crippen molar-refractivity contribution >= 4 is 0 Å². The molecule has 1 aliphatic heterocycles. The van der Waals surface area contributed by atoms with Gasteiger partial charge in [-0.15, -0.1) is 0 Å². The van der Waals surface area contributed by atoms with E-state index in [4.69, 9.17) is 9.47 Å². The van der Waals surface area contributed by atoms with Crippen molar-refractivity contribution in [2.75, 3.05) is 27.3 Å². The maximum atomic E-state index is 12.8. The van der Waals surface area contributed by atoms with Crippen molar-refractivity contribution in [3.63, 3.8) is 0 Å². The van der Waals surface area contributed by atoms with E-state index >= 15 is 0 Å². The zero-order valence-corrected chi connectivity index (χ0v) is 16.7. The quantitative estimate of drug-likeness (QED) is 0.666. The van der Waals surface area contributed by atoms with Crippen molar-refractivity contribution in [3.8, 4) is 11.5 Å². The molecule has 0 saturated carbocycles. The van der Waals surface area contributed by atoms with Crippen LogP contribution in [0.5, 0.6) is 11.5 Å². The van der Waals surface area contributed by atoms with Gasteiger partial charge in [0, 0.05) is 17.7 Å². The summed E-state index contributed by atoms with van der Waals surface area (Å²) in [5.41, 5.74) is 2.00. The maximum absolute atomic E-state index is 12.8. The summed E-state index contributed by atoms with van der Waals surface area (Å²) >= 11 is 0. The third kappa shape index (κ3) is 5.53. The fourth-order valence-electron chi connectivity index (χ4n) is 3.38. The van der Waals surface area contributed by atoms with Crippen LogP contribution in [-0.2, 0) is 6.54 Å². The minimum absolute atomic E-state index is 0.166. The molecule has 0 spiro atoms. The van der Waals surface area contributed by atoms with Gasteiger partial charge < -0.3 is 9.47 Å². The van der Waals surface area contributed by atoms with Gasteiger partial charge in [-0.2, -0.15) is 13.2 Å². The second-order valence-electron chi connectivity index (χ2n) is 6.62. The van der Waals surface area contributed by atoms with Gasteiger partial charge in [0.05, 0.1) is 20.1 Å². The summed E-state index contributed by atoms with van der Waals surface area (Å²) in [4.78, 5) is 2.07. The second kappa shape index (κ2) is 10.0. The summed E-state index contributed by atoms with van der Waals surface area (Å²) in [6, 6.07) is 3.86. The van der Waals surface area contributed by atoms with Crippen molar-refractivity contribution in [1.82, 2.24) is 4.90 Å². The van der Waals surface area contributed by atoms with Crippen molar-refractivity contribution in [1.29, 1.82) is 0 Å². The Morgan fingerprint density at radius 1 is 1.08 bits per heavy atom. The number of methoxy groups -OCH3 is 2. The Labute approximate surface area is 155 Å². The zero-order chi connectivity index (χ0) is 19.9. The molecular weight excluding hydrogens is 343 g/mol. The summed E-state index contributed by atoms with van der Waals surface area (Å²) in [7, 11) is 3.25. The smallest absolute Gasteiger partial charge is 0.391 e. The van der Waals surface area contributed by atoms with Gasteiger partial charge in [-0.25, -0.2) is 0 Å². The maximum Gasteiger partial charge on any atom is 0.391 e. The molecule has 0 radical (unpaired) electrons. The fraction of sp³-hybridized carbons (Fsp3) is 0.700. The van der Waals surface area contributed by atoms with E-state index in [2.05, 4.69) is 18.7 Å². The van der Waals surface area contributed by atoms with Crippen LogP contribution < -0.4 is 9.47 Å². The standard InChI is InChI=1S/C18H26F3NO2.C2H6/c1-12(2)16-15(23-3)6-5-13(17(16)24-4)11-22-9-7-14(8-10-22)18(19,20)21;1-2/h5-6,12,14H,7-11H2,1-4H3;1-2H3. The molecule has 1 aromatic rings. The Morgan fingerprint density at radius 3 is 2.08 bits per heavy atom. The van der Waals surface area contributed by atoms with E-state index in [0.717, 1.165) is 22.6 Å². The van der Waals surface area contributed by atoms with E-state index in [-0.39, 0.29) is 18.8 Å². The third-order valence-corrected chi connectivity index (χ3v) is 4.68. The Morgan fingerprint density at radius 2 is 1.65 bits per heavy atom. The van der Waals surface area contributed by atoms with Gasteiger partial charge >= 0.3 is 6.18 Å². The first-order valence-electron chi connectivity index (χ1n) is 9.30. The lowest BCUT2D eigenvalue weighted by atomic mass is 9.94. The average molecular weight is 375 g/mol. The lowest BCUT2D eigenvalue weighted by Crippen LogP contribution is -2.38. The predicted octanol–water partition coefficient (Wildman–Crippen LogP) is 5.63. The highest BCUT2D eigenvalue weighted by atomic mass is 19.4. The first kappa shape index (κ1) is 22.6. The first-order valence-corrected chi connectivity index (χ1v) is 9.30. The van der Waals surface area contributed by atoms with Crippen LogP contribution in [-0.4, -0.2) is 38.4 Å². The van der Waals surface area contributed by atoms with Crippen LogP contribution in [0.3, 0.4) is 0 Å². The van der Waals surface area contributed by atoms with Crippen LogP contribution in [0.15, 0.2) is 12.1 Å². The van der Waals surface area contributed by atoms with Crippen molar-refractivity contribution in [2.24, 2.45) is 5.92 Å². The molecule has 0 amide bonds. The molecule has 3 nitrogen and oxygen atoms in total. The summed E-state index contributed by atoms with van der Waals surface area (Å²) in [5, 5.41) is 0. The molecule has 1 aliphatic rings. The van der Waals surface area contributed by atoms with Gasteiger partial charge in [0.2, 0.25) is 0 Å². The van der Waals surface area contributed by atoms with Crippen LogP contribution in [0.1, 0.15) is 57.6 Å². The van der Waals surface area contributed by atoms with Gasteiger partial charge in [0.15, 0.2) is 0 Å². The van der Waals surface area contributed by atoms with Gasteiger partial charge in [-0.1, -0.05) is 33.8 Å². The predicted molar refractivity (Wildman–Crippen MR) is 99.0 cm³/mol. The number of hydrogen-bond acceptors (Lipinski definition) is 3. The van der Waals surface area contributed by atoms with E-state index in [1.54, 1.807) is 14.2 Å². The molecule has 0 unspecified atom stereocenters. The SMILES string of the molecule is CC.COc1ccc(CN2CCC(C(F)(F)F)CC2)c(OC)c1C(C)C. The highest BCUT2D eigenvalue weighted by Gasteiger charge is 2.41. The number of likely N-dealkylation sites (tertiary alicyclic amines) is 1. The highest BCUT2D eigenvalue weighted by molar-refractivity contribution is 5.51. The Balaban J connectivity index is 0.00000163.